The van der Waals surface area contributed by atoms with Crippen molar-refractivity contribution in [1.29, 1.82) is 0 Å². The van der Waals surface area contributed by atoms with E-state index in [4.69, 9.17) is 4.74 Å². The zero-order valence-electron chi connectivity index (χ0n) is 9.67. The molecule has 0 aliphatic carbocycles. The molecule has 18 heavy (non-hydrogen) atoms. The first-order valence-electron chi connectivity index (χ1n) is 5.49. The third-order valence-electron chi connectivity index (χ3n) is 2.11. The molecule has 1 aromatic rings. The van der Waals surface area contributed by atoms with Gasteiger partial charge in [-0.15, -0.1) is 13.2 Å². The summed E-state index contributed by atoms with van der Waals surface area (Å²) in [5.74, 6) is -0.246. The first-order chi connectivity index (χ1) is 8.51. The SMILES string of the molecule is FCCCOCCc1ccc(OC(F)(F)F)cc1. The van der Waals surface area contributed by atoms with Crippen LogP contribution in [0.3, 0.4) is 0 Å². The average molecular weight is 266 g/mol. The second kappa shape index (κ2) is 7.20. The van der Waals surface area contributed by atoms with E-state index in [1.54, 1.807) is 12.1 Å². The van der Waals surface area contributed by atoms with Gasteiger partial charge in [0.25, 0.3) is 0 Å². The minimum Gasteiger partial charge on any atom is -0.406 e. The summed E-state index contributed by atoms with van der Waals surface area (Å²) in [4.78, 5) is 0. The molecule has 0 aliphatic heterocycles. The number of benzene rings is 1. The van der Waals surface area contributed by atoms with Gasteiger partial charge in [-0.2, -0.15) is 0 Å². The molecule has 0 spiro atoms. The Kier molecular flexibility index (Phi) is 5.91. The molecule has 6 heteroatoms. The number of hydrogen-bond donors (Lipinski definition) is 0. The number of ether oxygens (including phenoxy) is 2. The van der Waals surface area contributed by atoms with Crippen molar-refractivity contribution in [3.8, 4) is 5.75 Å². The van der Waals surface area contributed by atoms with Gasteiger partial charge in [-0.1, -0.05) is 12.1 Å². The van der Waals surface area contributed by atoms with Crippen molar-refractivity contribution in [1.82, 2.24) is 0 Å². The van der Waals surface area contributed by atoms with Gasteiger partial charge in [0.05, 0.1) is 13.3 Å². The van der Waals surface area contributed by atoms with Crippen molar-refractivity contribution in [3.05, 3.63) is 29.8 Å². The maximum Gasteiger partial charge on any atom is 0.573 e. The Morgan fingerprint density at radius 2 is 1.67 bits per heavy atom. The van der Waals surface area contributed by atoms with E-state index in [2.05, 4.69) is 4.74 Å². The van der Waals surface area contributed by atoms with Crippen LogP contribution < -0.4 is 4.74 Å². The lowest BCUT2D eigenvalue weighted by Crippen LogP contribution is -2.17. The van der Waals surface area contributed by atoms with Gasteiger partial charge >= 0.3 is 6.36 Å². The Labute approximate surface area is 103 Å². The van der Waals surface area contributed by atoms with Gasteiger partial charge in [-0.25, -0.2) is 0 Å². The Balaban J connectivity index is 2.32. The molecule has 0 N–H and O–H groups in total. The summed E-state index contributed by atoms with van der Waals surface area (Å²) < 4.78 is 56.3. The lowest BCUT2D eigenvalue weighted by atomic mass is 10.1. The van der Waals surface area contributed by atoms with Crippen LogP contribution in [0.15, 0.2) is 24.3 Å². The topological polar surface area (TPSA) is 18.5 Å². The fourth-order valence-electron chi connectivity index (χ4n) is 1.31. The molecule has 0 saturated carbocycles. The standard InChI is InChI=1S/C12H14F4O2/c13-7-1-8-17-9-6-10-2-4-11(5-3-10)18-12(14,15)16/h2-5H,1,6-9H2. The number of rotatable bonds is 7. The first kappa shape index (κ1) is 14.8. The van der Waals surface area contributed by atoms with Gasteiger partial charge in [0.1, 0.15) is 5.75 Å². The van der Waals surface area contributed by atoms with E-state index < -0.39 is 13.0 Å². The van der Waals surface area contributed by atoms with Crippen molar-refractivity contribution in [3.63, 3.8) is 0 Å². The van der Waals surface area contributed by atoms with Gasteiger partial charge in [-0.3, -0.25) is 4.39 Å². The third kappa shape index (κ3) is 6.44. The Morgan fingerprint density at radius 3 is 2.22 bits per heavy atom. The first-order valence-corrected chi connectivity index (χ1v) is 5.49. The van der Waals surface area contributed by atoms with Crippen LogP contribution in [-0.4, -0.2) is 26.3 Å². The second-order valence-electron chi connectivity index (χ2n) is 3.60. The van der Waals surface area contributed by atoms with Crippen LogP contribution in [-0.2, 0) is 11.2 Å². The molecule has 1 rings (SSSR count). The molecule has 0 radical (unpaired) electrons. The molecule has 0 saturated heterocycles. The third-order valence-corrected chi connectivity index (χ3v) is 2.11. The van der Waals surface area contributed by atoms with E-state index in [9.17, 15) is 17.6 Å². The molecule has 1 aromatic carbocycles. The van der Waals surface area contributed by atoms with Gasteiger partial charge in [0.2, 0.25) is 0 Å². The van der Waals surface area contributed by atoms with Gasteiger partial charge < -0.3 is 9.47 Å². The zero-order valence-corrected chi connectivity index (χ0v) is 9.67. The Hall–Kier alpha value is -1.30. The molecular weight excluding hydrogens is 252 g/mol. The summed E-state index contributed by atoms with van der Waals surface area (Å²) in [6.07, 6.45) is -3.74. The summed E-state index contributed by atoms with van der Waals surface area (Å²) in [7, 11) is 0. The normalized spacial score (nSPS) is 11.6. The highest BCUT2D eigenvalue weighted by Gasteiger charge is 2.30. The highest BCUT2D eigenvalue weighted by atomic mass is 19.4. The molecular formula is C12H14F4O2. The molecule has 0 fully saturated rings. The smallest absolute Gasteiger partial charge is 0.406 e. The largest absolute Gasteiger partial charge is 0.573 e. The van der Waals surface area contributed by atoms with E-state index in [0.717, 1.165) is 5.56 Å². The predicted molar refractivity (Wildman–Crippen MR) is 58.2 cm³/mol. The molecule has 0 aromatic heterocycles. The van der Waals surface area contributed by atoms with E-state index in [0.29, 0.717) is 26.1 Å². The number of halogens is 4. The summed E-state index contributed by atoms with van der Waals surface area (Å²) >= 11 is 0. The minimum atomic E-state index is -4.67. The van der Waals surface area contributed by atoms with E-state index in [1.165, 1.54) is 12.1 Å². The lowest BCUT2D eigenvalue weighted by Gasteiger charge is -2.09. The van der Waals surface area contributed by atoms with Crippen molar-refractivity contribution in [2.24, 2.45) is 0 Å². The molecule has 102 valence electrons. The highest BCUT2D eigenvalue weighted by Crippen LogP contribution is 2.22. The molecule has 0 bridgehead atoms. The van der Waals surface area contributed by atoms with Gasteiger partial charge in [-0.05, 0) is 30.5 Å². The highest BCUT2D eigenvalue weighted by molar-refractivity contribution is 5.27. The van der Waals surface area contributed by atoms with Crippen molar-refractivity contribution < 1.29 is 27.0 Å². The molecule has 0 amide bonds. The van der Waals surface area contributed by atoms with E-state index in [1.807, 2.05) is 0 Å². The van der Waals surface area contributed by atoms with Crippen molar-refractivity contribution >= 4 is 0 Å². The monoisotopic (exact) mass is 266 g/mol. The maximum absolute atomic E-state index is 11.9. The van der Waals surface area contributed by atoms with Crippen LogP contribution in [0.1, 0.15) is 12.0 Å². The summed E-state index contributed by atoms with van der Waals surface area (Å²) in [5.41, 5.74) is 0.838. The quantitative estimate of drug-likeness (QED) is 0.555. The van der Waals surface area contributed by atoms with Crippen LogP contribution in [0.2, 0.25) is 0 Å². The molecule has 0 aliphatic rings. The minimum absolute atomic E-state index is 0.246. The molecule has 2 nitrogen and oxygen atoms in total. The number of alkyl halides is 4. The average Bonchev–Trinajstić information content (AvgIpc) is 2.29. The van der Waals surface area contributed by atoms with Gasteiger partial charge in [0, 0.05) is 6.61 Å². The predicted octanol–water partition coefficient (Wildman–Crippen LogP) is 3.50. The summed E-state index contributed by atoms with van der Waals surface area (Å²) in [6.45, 7) is 0.356. The molecule has 0 heterocycles. The van der Waals surface area contributed by atoms with E-state index in [-0.39, 0.29) is 5.75 Å². The molecule has 0 unspecified atom stereocenters. The van der Waals surface area contributed by atoms with Crippen molar-refractivity contribution in [2.75, 3.05) is 19.9 Å². The van der Waals surface area contributed by atoms with E-state index >= 15 is 0 Å². The summed E-state index contributed by atoms with van der Waals surface area (Å²) in [6, 6.07) is 5.59. The van der Waals surface area contributed by atoms with Crippen molar-refractivity contribution in [2.45, 2.75) is 19.2 Å². The fourth-order valence-corrected chi connectivity index (χ4v) is 1.31. The Morgan fingerprint density at radius 1 is 1.00 bits per heavy atom. The van der Waals surface area contributed by atoms with Crippen LogP contribution in [0.4, 0.5) is 17.6 Å². The fraction of sp³-hybridized carbons (Fsp3) is 0.500. The Bertz CT molecular complexity index is 335. The van der Waals surface area contributed by atoms with Crippen LogP contribution >= 0.6 is 0 Å². The maximum atomic E-state index is 11.9. The van der Waals surface area contributed by atoms with Gasteiger partial charge in [0.15, 0.2) is 0 Å². The zero-order chi connectivity index (χ0) is 13.4. The summed E-state index contributed by atoms with van der Waals surface area (Å²) in [5, 5.41) is 0. The lowest BCUT2D eigenvalue weighted by molar-refractivity contribution is -0.274. The van der Waals surface area contributed by atoms with Crippen LogP contribution in [0, 0.1) is 0 Å². The second-order valence-corrected chi connectivity index (χ2v) is 3.60. The molecule has 0 atom stereocenters. The van der Waals surface area contributed by atoms with Crippen LogP contribution in [0.5, 0.6) is 5.75 Å². The van der Waals surface area contributed by atoms with Crippen LogP contribution in [0.25, 0.3) is 0 Å². The number of hydrogen-bond acceptors (Lipinski definition) is 2.